The van der Waals surface area contributed by atoms with Gasteiger partial charge < -0.3 is 5.11 Å². The highest BCUT2D eigenvalue weighted by molar-refractivity contribution is 5.98. The minimum Gasteiger partial charge on any atom is -0.396 e. The molecule has 76 valence electrons. The van der Waals surface area contributed by atoms with Crippen molar-refractivity contribution in [1.82, 2.24) is 0 Å². The molecule has 0 aliphatic heterocycles. The Morgan fingerprint density at radius 2 is 2.29 bits per heavy atom. The number of nitrogens with zero attached hydrogens (tertiary/aromatic N) is 1. The number of aliphatic hydroxyl groups is 1. The quantitative estimate of drug-likeness (QED) is 0.578. The fourth-order valence-corrected chi connectivity index (χ4v) is 1.12. The molecule has 0 saturated heterocycles. The fraction of sp³-hybridized carbons (Fsp3) is 0.364. The Morgan fingerprint density at radius 1 is 1.50 bits per heavy atom. The van der Waals surface area contributed by atoms with Crippen molar-refractivity contribution in [2.45, 2.75) is 13.3 Å². The van der Waals surface area contributed by atoms with E-state index in [9.17, 15) is 4.39 Å². The third-order valence-electron chi connectivity index (χ3n) is 1.91. The van der Waals surface area contributed by atoms with Gasteiger partial charge >= 0.3 is 0 Å². The largest absolute Gasteiger partial charge is 0.396 e. The summed E-state index contributed by atoms with van der Waals surface area (Å²) in [5.41, 5.74) is 1.60. The second-order valence-corrected chi connectivity index (χ2v) is 3.05. The van der Waals surface area contributed by atoms with Gasteiger partial charge in [0.1, 0.15) is 5.82 Å². The lowest BCUT2D eigenvalue weighted by Gasteiger charge is -2.00. The second-order valence-electron chi connectivity index (χ2n) is 3.05. The van der Waals surface area contributed by atoms with Crippen molar-refractivity contribution in [3.8, 4) is 0 Å². The molecule has 0 amide bonds. The van der Waals surface area contributed by atoms with Crippen LogP contribution in [-0.2, 0) is 0 Å². The van der Waals surface area contributed by atoms with E-state index in [-0.39, 0.29) is 12.4 Å². The molecule has 3 heteroatoms. The molecular weight excluding hydrogens is 181 g/mol. The van der Waals surface area contributed by atoms with Gasteiger partial charge in [0.05, 0.1) is 0 Å². The number of aliphatic hydroxyl groups excluding tert-OH is 1. The molecule has 0 aliphatic carbocycles. The van der Waals surface area contributed by atoms with E-state index in [1.54, 1.807) is 6.07 Å². The summed E-state index contributed by atoms with van der Waals surface area (Å²) in [4.78, 5) is 4.22. The Hall–Kier alpha value is -1.22. The van der Waals surface area contributed by atoms with Crippen LogP contribution in [-0.4, -0.2) is 24.0 Å². The maximum atomic E-state index is 12.8. The Balaban J connectivity index is 2.68. The maximum Gasteiger partial charge on any atom is 0.123 e. The third-order valence-corrected chi connectivity index (χ3v) is 1.91. The fourth-order valence-electron chi connectivity index (χ4n) is 1.12. The highest BCUT2D eigenvalue weighted by atomic mass is 19.1. The predicted octanol–water partition coefficient (Wildman–Crippen LogP) is 2.02. The van der Waals surface area contributed by atoms with Crippen molar-refractivity contribution < 1.29 is 9.50 Å². The van der Waals surface area contributed by atoms with Crippen molar-refractivity contribution in [3.63, 3.8) is 0 Å². The summed E-state index contributed by atoms with van der Waals surface area (Å²) in [5.74, 6) is -0.251. The van der Waals surface area contributed by atoms with E-state index in [1.165, 1.54) is 12.1 Å². The molecule has 0 radical (unpaired) electrons. The van der Waals surface area contributed by atoms with Gasteiger partial charge in [0.2, 0.25) is 0 Å². The molecule has 0 spiro atoms. The number of rotatable bonds is 4. The van der Waals surface area contributed by atoms with E-state index >= 15 is 0 Å². The molecule has 0 bridgehead atoms. The van der Waals surface area contributed by atoms with Gasteiger partial charge in [-0.25, -0.2) is 4.39 Å². The van der Waals surface area contributed by atoms with Crippen LogP contribution in [0.15, 0.2) is 29.3 Å². The molecule has 0 aliphatic rings. The second kappa shape index (κ2) is 5.50. The van der Waals surface area contributed by atoms with Crippen LogP contribution in [0.25, 0.3) is 0 Å². The first kappa shape index (κ1) is 10.9. The van der Waals surface area contributed by atoms with Gasteiger partial charge in [-0.2, -0.15) is 0 Å². The van der Waals surface area contributed by atoms with Crippen LogP contribution in [0.2, 0.25) is 0 Å². The average Bonchev–Trinajstić information content (AvgIpc) is 2.18. The summed E-state index contributed by atoms with van der Waals surface area (Å²) >= 11 is 0. The smallest absolute Gasteiger partial charge is 0.123 e. The van der Waals surface area contributed by atoms with Crippen molar-refractivity contribution in [1.29, 1.82) is 0 Å². The number of hydrogen-bond donors (Lipinski definition) is 1. The predicted molar refractivity (Wildman–Crippen MR) is 55.2 cm³/mol. The molecule has 0 saturated carbocycles. The number of benzene rings is 1. The van der Waals surface area contributed by atoms with Gasteiger partial charge in [-0.15, -0.1) is 0 Å². The molecule has 0 fully saturated rings. The lowest BCUT2D eigenvalue weighted by atomic mass is 10.1. The van der Waals surface area contributed by atoms with E-state index in [0.717, 1.165) is 11.3 Å². The zero-order chi connectivity index (χ0) is 10.4. The molecule has 0 atom stereocenters. The van der Waals surface area contributed by atoms with Gasteiger partial charge in [-0.05, 0) is 31.0 Å². The van der Waals surface area contributed by atoms with Crippen LogP contribution in [0.4, 0.5) is 4.39 Å². The molecule has 1 aromatic rings. The SMILES string of the molecule is CC(=NCCCO)c1cccc(F)c1. The van der Waals surface area contributed by atoms with Gasteiger partial charge in [-0.1, -0.05) is 12.1 Å². The van der Waals surface area contributed by atoms with Gasteiger partial charge in [0, 0.05) is 18.9 Å². The molecule has 0 unspecified atom stereocenters. The summed E-state index contributed by atoms with van der Waals surface area (Å²) < 4.78 is 12.8. The summed E-state index contributed by atoms with van der Waals surface area (Å²) in [6.07, 6.45) is 0.645. The van der Waals surface area contributed by atoms with Crippen LogP contribution < -0.4 is 0 Å². The van der Waals surface area contributed by atoms with E-state index < -0.39 is 0 Å². The normalized spacial score (nSPS) is 11.8. The van der Waals surface area contributed by atoms with E-state index in [4.69, 9.17) is 5.11 Å². The standard InChI is InChI=1S/C11H14FNO/c1-9(13-6-3-7-14)10-4-2-5-11(12)8-10/h2,4-5,8,14H,3,6-7H2,1H3. The Labute approximate surface area is 83.1 Å². The topological polar surface area (TPSA) is 32.6 Å². The van der Waals surface area contributed by atoms with E-state index in [0.29, 0.717) is 13.0 Å². The molecular formula is C11H14FNO. The molecule has 2 nitrogen and oxygen atoms in total. The number of aliphatic imine (C=N–C) groups is 1. The van der Waals surface area contributed by atoms with Crippen molar-refractivity contribution in [3.05, 3.63) is 35.6 Å². The minimum atomic E-state index is -0.251. The van der Waals surface area contributed by atoms with Crippen LogP contribution in [0.1, 0.15) is 18.9 Å². The van der Waals surface area contributed by atoms with E-state index in [2.05, 4.69) is 4.99 Å². The monoisotopic (exact) mass is 195 g/mol. The molecule has 14 heavy (non-hydrogen) atoms. The first-order chi connectivity index (χ1) is 6.74. The first-order valence-electron chi connectivity index (χ1n) is 4.62. The van der Waals surface area contributed by atoms with E-state index in [1.807, 2.05) is 13.0 Å². The molecule has 1 aromatic carbocycles. The van der Waals surface area contributed by atoms with Crippen molar-refractivity contribution >= 4 is 5.71 Å². The maximum absolute atomic E-state index is 12.8. The van der Waals surface area contributed by atoms with Crippen molar-refractivity contribution in [2.75, 3.05) is 13.2 Å². The molecule has 1 rings (SSSR count). The lowest BCUT2D eigenvalue weighted by Crippen LogP contribution is -1.98. The van der Waals surface area contributed by atoms with Crippen LogP contribution in [0, 0.1) is 5.82 Å². The van der Waals surface area contributed by atoms with Gasteiger partial charge in [0.25, 0.3) is 0 Å². The van der Waals surface area contributed by atoms with Crippen LogP contribution >= 0.6 is 0 Å². The third kappa shape index (κ3) is 3.26. The minimum absolute atomic E-state index is 0.139. The average molecular weight is 195 g/mol. The highest BCUT2D eigenvalue weighted by Crippen LogP contribution is 2.05. The number of hydrogen-bond acceptors (Lipinski definition) is 2. The zero-order valence-corrected chi connectivity index (χ0v) is 8.20. The van der Waals surface area contributed by atoms with Crippen LogP contribution in [0.5, 0.6) is 0 Å². The zero-order valence-electron chi connectivity index (χ0n) is 8.20. The Kier molecular flexibility index (Phi) is 4.26. The summed E-state index contributed by atoms with van der Waals surface area (Å²) in [6, 6.07) is 6.35. The molecule has 0 aromatic heterocycles. The van der Waals surface area contributed by atoms with Gasteiger partial charge in [-0.3, -0.25) is 4.99 Å². The lowest BCUT2D eigenvalue weighted by molar-refractivity contribution is 0.291. The van der Waals surface area contributed by atoms with Gasteiger partial charge in [0.15, 0.2) is 0 Å². The summed E-state index contributed by atoms with van der Waals surface area (Å²) in [5, 5.41) is 8.56. The number of halogens is 1. The molecule has 0 heterocycles. The highest BCUT2D eigenvalue weighted by Gasteiger charge is 1.97. The molecule has 1 N–H and O–H groups in total. The summed E-state index contributed by atoms with van der Waals surface area (Å²) in [7, 11) is 0. The van der Waals surface area contributed by atoms with Crippen LogP contribution in [0.3, 0.4) is 0 Å². The Morgan fingerprint density at radius 3 is 2.93 bits per heavy atom. The Bertz CT molecular complexity index is 323. The van der Waals surface area contributed by atoms with Crippen molar-refractivity contribution in [2.24, 2.45) is 4.99 Å². The summed E-state index contributed by atoms with van der Waals surface area (Å²) in [6.45, 7) is 2.56. The first-order valence-corrected chi connectivity index (χ1v) is 4.62.